The highest BCUT2D eigenvalue weighted by Crippen LogP contribution is 2.16. The van der Waals surface area contributed by atoms with Gasteiger partial charge < -0.3 is 5.11 Å². The van der Waals surface area contributed by atoms with Gasteiger partial charge in [0.2, 0.25) is 0 Å². The molecule has 4 heteroatoms. The van der Waals surface area contributed by atoms with Crippen molar-refractivity contribution in [1.82, 2.24) is 0 Å². The molecular formula is C9H20O3S. The van der Waals surface area contributed by atoms with Crippen molar-refractivity contribution < 1.29 is 13.5 Å². The Morgan fingerprint density at radius 2 is 1.85 bits per heavy atom. The Morgan fingerprint density at radius 3 is 2.15 bits per heavy atom. The first-order chi connectivity index (χ1) is 5.87. The lowest BCUT2D eigenvalue weighted by atomic mass is 9.92. The van der Waals surface area contributed by atoms with Crippen molar-refractivity contribution in [1.29, 1.82) is 0 Å². The maximum Gasteiger partial charge on any atom is 0.147 e. The van der Waals surface area contributed by atoms with E-state index in [1.54, 1.807) is 0 Å². The summed E-state index contributed by atoms with van der Waals surface area (Å²) in [6.07, 6.45) is 2.69. The van der Waals surface area contributed by atoms with Gasteiger partial charge in [-0.25, -0.2) is 8.42 Å². The van der Waals surface area contributed by atoms with Gasteiger partial charge in [0, 0.05) is 18.6 Å². The van der Waals surface area contributed by atoms with Gasteiger partial charge in [-0.3, -0.25) is 0 Å². The molecular weight excluding hydrogens is 188 g/mol. The summed E-state index contributed by atoms with van der Waals surface area (Å²) in [7, 11) is -2.84. The first kappa shape index (κ1) is 12.9. The molecule has 0 aromatic rings. The molecule has 0 rings (SSSR count). The van der Waals surface area contributed by atoms with Crippen LogP contribution in [0, 0.1) is 11.8 Å². The van der Waals surface area contributed by atoms with E-state index in [4.69, 9.17) is 5.11 Å². The van der Waals surface area contributed by atoms with E-state index < -0.39 is 9.84 Å². The van der Waals surface area contributed by atoms with Crippen LogP contribution < -0.4 is 0 Å². The fourth-order valence-electron chi connectivity index (χ4n) is 1.24. The molecule has 0 aromatic carbocycles. The van der Waals surface area contributed by atoms with E-state index in [1.165, 1.54) is 6.26 Å². The number of sulfone groups is 1. The van der Waals surface area contributed by atoms with Crippen LogP contribution in [0.25, 0.3) is 0 Å². The summed E-state index contributed by atoms with van der Waals surface area (Å²) in [5.41, 5.74) is 0. The molecule has 80 valence electrons. The normalized spacial score (nSPS) is 14.8. The first-order valence-corrected chi connectivity index (χ1v) is 6.71. The predicted molar refractivity (Wildman–Crippen MR) is 54.4 cm³/mol. The maximum atomic E-state index is 10.8. The molecule has 0 saturated heterocycles. The van der Waals surface area contributed by atoms with E-state index in [0.717, 1.165) is 6.42 Å². The van der Waals surface area contributed by atoms with Crippen molar-refractivity contribution in [2.45, 2.75) is 26.7 Å². The minimum absolute atomic E-state index is 0.154. The number of aliphatic hydroxyl groups excluding tert-OH is 1. The van der Waals surface area contributed by atoms with E-state index in [0.29, 0.717) is 12.3 Å². The molecule has 0 aliphatic heterocycles. The number of hydrogen-bond donors (Lipinski definition) is 1. The predicted octanol–water partition coefficient (Wildman–Crippen LogP) is 1.08. The Kier molecular flexibility index (Phi) is 5.56. The minimum Gasteiger partial charge on any atom is -0.396 e. The molecule has 1 atom stereocenters. The molecule has 0 radical (unpaired) electrons. The summed E-state index contributed by atoms with van der Waals surface area (Å²) in [5.74, 6) is 0.891. The van der Waals surface area contributed by atoms with Crippen LogP contribution >= 0.6 is 0 Å². The molecule has 1 unspecified atom stereocenters. The number of hydrogen-bond acceptors (Lipinski definition) is 3. The summed E-state index contributed by atoms with van der Waals surface area (Å²) in [4.78, 5) is 0. The molecule has 13 heavy (non-hydrogen) atoms. The molecule has 3 nitrogen and oxygen atoms in total. The number of rotatable bonds is 6. The van der Waals surface area contributed by atoms with Crippen molar-refractivity contribution in [3.63, 3.8) is 0 Å². The summed E-state index contributed by atoms with van der Waals surface area (Å²) in [6, 6.07) is 0. The van der Waals surface area contributed by atoms with Gasteiger partial charge in [0.15, 0.2) is 0 Å². The van der Waals surface area contributed by atoms with Crippen molar-refractivity contribution in [3.05, 3.63) is 0 Å². The van der Waals surface area contributed by atoms with E-state index in [9.17, 15) is 8.42 Å². The Hall–Kier alpha value is -0.0900. The molecule has 0 bridgehead atoms. The van der Waals surface area contributed by atoms with Crippen LogP contribution in [0.4, 0.5) is 0 Å². The van der Waals surface area contributed by atoms with E-state index in [1.807, 2.05) is 13.8 Å². The van der Waals surface area contributed by atoms with Gasteiger partial charge in [-0.15, -0.1) is 0 Å². The third-order valence-electron chi connectivity index (χ3n) is 2.27. The van der Waals surface area contributed by atoms with Crippen LogP contribution in [0.5, 0.6) is 0 Å². The van der Waals surface area contributed by atoms with Gasteiger partial charge in [0.25, 0.3) is 0 Å². The maximum absolute atomic E-state index is 10.8. The highest BCUT2D eigenvalue weighted by Gasteiger charge is 2.12. The van der Waals surface area contributed by atoms with Crippen LogP contribution in [0.1, 0.15) is 26.7 Å². The third kappa shape index (κ3) is 7.02. The fraction of sp³-hybridized carbons (Fsp3) is 1.00. The van der Waals surface area contributed by atoms with Crippen LogP contribution in [0.15, 0.2) is 0 Å². The second-order valence-corrected chi connectivity index (χ2v) is 6.22. The topological polar surface area (TPSA) is 54.4 Å². The van der Waals surface area contributed by atoms with Crippen molar-refractivity contribution in [3.8, 4) is 0 Å². The highest BCUT2D eigenvalue weighted by molar-refractivity contribution is 7.90. The summed E-state index contributed by atoms with van der Waals surface area (Å²) in [5, 5.41) is 8.98. The molecule has 0 fully saturated rings. The zero-order valence-electron chi connectivity index (χ0n) is 8.66. The molecule has 1 N–H and O–H groups in total. The van der Waals surface area contributed by atoms with Crippen LogP contribution in [-0.4, -0.2) is 32.1 Å². The first-order valence-electron chi connectivity index (χ1n) is 4.65. The van der Waals surface area contributed by atoms with E-state index >= 15 is 0 Å². The minimum atomic E-state index is -2.84. The lowest BCUT2D eigenvalue weighted by Gasteiger charge is -2.17. The molecule has 0 saturated carbocycles. The van der Waals surface area contributed by atoms with Gasteiger partial charge in [-0.05, 0) is 24.7 Å². The Balaban J connectivity index is 3.74. The van der Waals surface area contributed by atoms with E-state index in [2.05, 4.69) is 0 Å². The highest BCUT2D eigenvalue weighted by atomic mass is 32.2. The molecule has 0 spiro atoms. The molecule has 0 amide bonds. The van der Waals surface area contributed by atoms with Crippen LogP contribution in [0.3, 0.4) is 0 Å². The average Bonchev–Trinajstić information content (AvgIpc) is 1.95. The van der Waals surface area contributed by atoms with Gasteiger partial charge in [-0.1, -0.05) is 13.8 Å². The lowest BCUT2D eigenvalue weighted by molar-refractivity contribution is 0.180. The molecule has 0 aliphatic carbocycles. The van der Waals surface area contributed by atoms with Crippen LogP contribution in [-0.2, 0) is 9.84 Å². The second kappa shape index (κ2) is 5.60. The van der Waals surface area contributed by atoms with Crippen molar-refractivity contribution in [2.24, 2.45) is 11.8 Å². The van der Waals surface area contributed by atoms with E-state index in [-0.39, 0.29) is 18.3 Å². The zero-order valence-corrected chi connectivity index (χ0v) is 9.47. The fourth-order valence-corrected chi connectivity index (χ4v) is 1.93. The van der Waals surface area contributed by atoms with Gasteiger partial charge >= 0.3 is 0 Å². The Bertz CT molecular complexity index is 219. The summed E-state index contributed by atoms with van der Waals surface area (Å²) >= 11 is 0. The summed E-state index contributed by atoms with van der Waals surface area (Å²) < 4.78 is 21.6. The zero-order chi connectivity index (χ0) is 10.5. The lowest BCUT2D eigenvalue weighted by Crippen LogP contribution is -2.15. The van der Waals surface area contributed by atoms with Gasteiger partial charge in [0.1, 0.15) is 9.84 Å². The molecule has 0 aliphatic rings. The largest absolute Gasteiger partial charge is 0.396 e. The van der Waals surface area contributed by atoms with Crippen LogP contribution in [0.2, 0.25) is 0 Å². The van der Waals surface area contributed by atoms with Crippen molar-refractivity contribution >= 4 is 9.84 Å². The standard InChI is InChI=1S/C9H20O3S/c1-8(2)9(7-10)5-4-6-13(3,11)12/h8-10H,4-7H2,1-3H3. The monoisotopic (exact) mass is 208 g/mol. The molecule has 0 heterocycles. The Morgan fingerprint density at radius 1 is 1.31 bits per heavy atom. The van der Waals surface area contributed by atoms with Crippen molar-refractivity contribution in [2.75, 3.05) is 18.6 Å². The molecule has 0 aromatic heterocycles. The second-order valence-electron chi connectivity index (χ2n) is 3.96. The third-order valence-corrected chi connectivity index (χ3v) is 3.30. The number of aliphatic hydroxyl groups is 1. The smallest absolute Gasteiger partial charge is 0.147 e. The Labute approximate surface area is 81.1 Å². The summed E-state index contributed by atoms with van der Waals surface area (Å²) in [6.45, 7) is 4.24. The van der Waals surface area contributed by atoms with Gasteiger partial charge in [0.05, 0.1) is 0 Å². The quantitative estimate of drug-likeness (QED) is 0.710. The van der Waals surface area contributed by atoms with Gasteiger partial charge in [-0.2, -0.15) is 0 Å². The average molecular weight is 208 g/mol. The SMILES string of the molecule is CC(C)C(CO)CCCS(C)(=O)=O.